The molecule has 0 bridgehead atoms. The fourth-order valence-electron chi connectivity index (χ4n) is 5.27. The van der Waals surface area contributed by atoms with Crippen molar-refractivity contribution in [2.24, 2.45) is 0 Å². The van der Waals surface area contributed by atoms with Gasteiger partial charge in [0.25, 0.3) is 0 Å². The van der Waals surface area contributed by atoms with E-state index in [-0.39, 0.29) is 0 Å². The van der Waals surface area contributed by atoms with Crippen molar-refractivity contribution in [2.45, 2.75) is 59.8 Å². The molecule has 0 heterocycles. The standard InChI is InChI=1S/C31H32/c1-5-6-7-8-13-29-21(3)20(2)22(4)30-18-27-16-25-14-23-11-9-10-12-24(23)15-26(25)17-28(27)19-31(29)30/h9-12,14-19H,5-8,13H2,1-4H3. The molecule has 0 fully saturated rings. The lowest BCUT2D eigenvalue weighted by atomic mass is 9.87. The van der Waals surface area contributed by atoms with Crippen LogP contribution < -0.4 is 0 Å². The maximum Gasteiger partial charge on any atom is -0.0140 e. The number of aryl methyl sites for hydroxylation is 2. The Labute approximate surface area is 185 Å². The van der Waals surface area contributed by atoms with E-state index in [0.717, 1.165) is 0 Å². The van der Waals surface area contributed by atoms with Crippen LogP contribution in [0, 0.1) is 20.8 Å². The molecule has 0 radical (unpaired) electrons. The Kier molecular flexibility index (Phi) is 5.18. The molecule has 0 aliphatic rings. The van der Waals surface area contributed by atoms with Gasteiger partial charge in [-0.15, -0.1) is 0 Å². The molecule has 0 nitrogen and oxygen atoms in total. The average molecular weight is 405 g/mol. The van der Waals surface area contributed by atoms with Crippen molar-refractivity contribution in [1.29, 1.82) is 0 Å². The molecule has 0 unspecified atom stereocenters. The molecular formula is C31H32. The molecule has 0 saturated heterocycles. The van der Waals surface area contributed by atoms with Gasteiger partial charge in [0, 0.05) is 0 Å². The lowest BCUT2D eigenvalue weighted by molar-refractivity contribution is 0.667. The number of hydrogen-bond donors (Lipinski definition) is 0. The first-order chi connectivity index (χ1) is 15.1. The zero-order valence-corrected chi connectivity index (χ0v) is 19.3. The van der Waals surface area contributed by atoms with Gasteiger partial charge in [0.1, 0.15) is 0 Å². The molecule has 156 valence electrons. The highest BCUT2D eigenvalue weighted by Gasteiger charge is 2.13. The molecule has 0 heteroatoms. The minimum atomic E-state index is 1.19. The van der Waals surface area contributed by atoms with Gasteiger partial charge in [-0.2, -0.15) is 0 Å². The number of hydrogen-bond acceptors (Lipinski definition) is 0. The zero-order chi connectivity index (χ0) is 21.5. The molecule has 0 atom stereocenters. The van der Waals surface area contributed by atoms with E-state index >= 15 is 0 Å². The van der Waals surface area contributed by atoms with Crippen molar-refractivity contribution in [1.82, 2.24) is 0 Å². The summed E-state index contributed by atoms with van der Waals surface area (Å²) in [4.78, 5) is 0. The van der Waals surface area contributed by atoms with E-state index in [0.29, 0.717) is 0 Å². The fourth-order valence-corrected chi connectivity index (χ4v) is 5.27. The summed E-state index contributed by atoms with van der Waals surface area (Å²) < 4.78 is 0. The third-order valence-corrected chi connectivity index (χ3v) is 7.38. The summed E-state index contributed by atoms with van der Waals surface area (Å²) in [6.07, 6.45) is 6.43. The lowest BCUT2D eigenvalue weighted by Gasteiger charge is -2.18. The first-order valence-corrected chi connectivity index (χ1v) is 11.9. The van der Waals surface area contributed by atoms with Gasteiger partial charge in [0.05, 0.1) is 0 Å². The highest BCUT2D eigenvalue weighted by Crippen LogP contribution is 2.36. The second kappa shape index (κ2) is 8.00. The van der Waals surface area contributed by atoms with Crippen LogP contribution in [-0.4, -0.2) is 0 Å². The van der Waals surface area contributed by atoms with Crippen LogP contribution in [0.5, 0.6) is 0 Å². The van der Waals surface area contributed by atoms with E-state index in [1.807, 2.05) is 0 Å². The predicted molar refractivity (Wildman–Crippen MR) is 139 cm³/mol. The van der Waals surface area contributed by atoms with Gasteiger partial charge in [-0.1, -0.05) is 50.5 Å². The normalized spacial score (nSPS) is 11.9. The van der Waals surface area contributed by atoms with Gasteiger partial charge >= 0.3 is 0 Å². The Morgan fingerprint density at radius 1 is 0.516 bits per heavy atom. The largest absolute Gasteiger partial charge is 0.0654 e. The van der Waals surface area contributed by atoms with Gasteiger partial charge in [0.15, 0.2) is 0 Å². The zero-order valence-electron chi connectivity index (χ0n) is 19.3. The van der Waals surface area contributed by atoms with Crippen LogP contribution in [0.1, 0.15) is 54.9 Å². The third-order valence-electron chi connectivity index (χ3n) is 7.38. The fraction of sp³-hybridized carbons (Fsp3) is 0.290. The van der Waals surface area contributed by atoms with Gasteiger partial charge in [-0.3, -0.25) is 0 Å². The van der Waals surface area contributed by atoms with Crippen molar-refractivity contribution in [3.8, 4) is 0 Å². The molecule has 31 heavy (non-hydrogen) atoms. The molecule has 5 aromatic rings. The minimum absolute atomic E-state index is 1.19. The quantitative estimate of drug-likeness (QED) is 0.202. The maximum absolute atomic E-state index is 2.47. The molecule has 5 rings (SSSR count). The Hall–Kier alpha value is -2.86. The Morgan fingerprint density at radius 3 is 1.68 bits per heavy atom. The van der Waals surface area contributed by atoms with Crippen molar-refractivity contribution < 1.29 is 0 Å². The van der Waals surface area contributed by atoms with Crippen LogP contribution in [0.3, 0.4) is 0 Å². The second-order valence-electron chi connectivity index (χ2n) is 9.31. The first kappa shape index (κ1) is 20.1. The molecule has 5 aromatic carbocycles. The van der Waals surface area contributed by atoms with Crippen molar-refractivity contribution in [3.05, 3.63) is 82.9 Å². The van der Waals surface area contributed by atoms with Crippen LogP contribution in [0.4, 0.5) is 0 Å². The number of unbranched alkanes of at least 4 members (excludes halogenated alkanes) is 3. The number of fused-ring (bicyclic) bond motifs is 4. The van der Waals surface area contributed by atoms with E-state index < -0.39 is 0 Å². The third kappa shape index (κ3) is 3.49. The van der Waals surface area contributed by atoms with E-state index in [2.05, 4.69) is 88.4 Å². The topological polar surface area (TPSA) is 0 Å². The van der Waals surface area contributed by atoms with Gasteiger partial charge in [0.2, 0.25) is 0 Å². The summed E-state index contributed by atoms with van der Waals surface area (Å²) in [6.45, 7) is 9.21. The van der Waals surface area contributed by atoms with Gasteiger partial charge < -0.3 is 0 Å². The number of benzene rings is 5. The maximum atomic E-state index is 2.47. The number of rotatable bonds is 5. The minimum Gasteiger partial charge on any atom is -0.0654 e. The van der Waals surface area contributed by atoms with Crippen molar-refractivity contribution in [3.63, 3.8) is 0 Å². The van der Waals surface area contributed by atoms with Crippen molar-refractivity contribution >= 4 is 43.1 Å². The van der Waals surface area contributed by atoms with E-state index in [1.165, 1.54) is 91.9 Å². The van der Waals surface area contributed by atoms with Crippen molar-refractivity contribution in [2.75, 3.05) is 0 Å². The molecule has 0 aliphatic carbocycles. The summed E-state index contributed by atoms with van der Waals surface area (Å²) in [6, 6.07) is 23.0. The molecule has 0 amide bonds. The Morgan fingerprint density at radius 2 is 1.06 bits per heavy atom. The van der Waals surface area contributed by atoms with Crippen LogP contribution >= 0.6 is 0 Å². The smallest absolute Gasteiger partial charge is 0.0140 e. The summed E-state index contributed by atoms with van der Waals surface area (Å²) in [5, 5.41) is 10.9. The van der Waals surface area contributed by atoms with Gasteiger partial charge in [-0.05, 0) is 135 Å². The van der Waals surface area contributed by atoms with Crippen LogP contribution in [0.2, 0.25) is 0 Å². The van der Waals surface area contributed by atoms with Crippen LogP contribution in [0.25, 0.3) is 43.1 Å². The highest BCUT2D eigenvalue weighted by molar-refractivity contribution is 6.09. The Balaban J connectivity index is 1.74. The average Bonchev–Trinajstić information content (AvgIpc) is 2.78. The Bertz CT molecular complexity index is 1440. The molecule has 0 saturated carbocycles. The summed E-state index contributed by atoms with van der Waals surface area (Å²) in [5.41, 5.74) is 5.96. The summed E-state index contributed by atoms with van der Waals surface area (Å²) in [5.74, 6) is 0. The lowest BCUT2D eigenvalue weighted by Crippen LogP contribution is -1.99. The molecule has 0 aliphatic heterocycles. The second-order valence-corrected chi connectivity index (χ2v) is 9.31. The van der Waals surface area contributed by atoms with E-state index in [4.69, 9.17) is 0 Å². The molecule has 0 aromatic heterocycles. The molecule has 0 spiro atoms. The SMILES string of the molecule is CCCCCCc1c(C)c(C)c(C)c2cc3cc4cc5ccccc5cc4cc3cc12. The molecule has 0 N–H and O–H groups in total. The summed E-state index contributed by atoms with van der Waals surface area (Å²) in [7, 11) is 0. The van der Waals surface area contributed by atoms with E-state index in [1.54, 1.807) is 5.56 Å². The molecular weight excluding hydrogens is 372 g/mol. The summed E-state index contributed by atoms with van der Waals surface area (Å²) >= 11 is 0. The predicted octanol–water partition coefficient (Wildman–Crippen LogP) is 9.35. The van der Waals surface area contributed by atoms with E-state index in [9.17, 15) is 0 Å². The van der Waals surface area contributed by atoms with Gasteiger partial charge in [-0.25, -0.2) is 0 Å². The highest BCUT2D eigenvalue weighted by atomic mass is 14.2. The first-order valence-electron chi connectivity index (χ1n) is 11.9. The van der Waals surface area contributed by atoms with Crippen LogP contribution in [-0.2, 0) is 6.42 Å². The van der Waals surface area contributed by atoms with Crippen LogP contribution in [0.15, 0.2) is 60.7 Å². The monoisotopic (exact) mass is 404 g/mol.